The van der Waals surface area contributed by atoms with E-state index in [-0.39, 0.29) is 49.9 Å². The summed E-state index contributed by atoms with van der Waals surface area (Å²) in [5.41, 5.74) is 12.9. The number of fused-ring (bicyclic) bond motifs is 3. The van der Waals surface area contributed by atoms with E-state index in [4.69, 9.17) is 16.2 Å². The molecule has 5 unspecified atom stereocenters. The zero-order chi connectivity index (χ0) is 41.2. The summed E-state index contributed by atoms with van der Waals surface area (Å²) in [5, 5.41) is 7.60. The highest BCUT2D eigenvalue weighted by Gasteiger charge is 2.44. The average molecular weight is 779 g/mol. The standard InChI is InChI=1S/C22H33N5O6.C9H11N3O2.C7H8.C2H6/c1-13-20(30)26-9-4-6-16(26)22(32)33-10-7-18(28)27-12-14(23)11-17(27)21(31)25-8-3-2-5-15(25)19(29)24-13;10-8(13)6-11-9(14)12-7-4-2-1-3-5-7;1-7-5-3-2-4-6-7;1-2/h13-17H,2-12,23H2,1H3,(H,24,29);1-5H,6H2,(H2,10,13)(H2,11,12,14);2-6H,1H3;1-2H3. The minimum atomic E-state index is -0.837. The lowest BCUT2D eigenvalue weighted by atomic mass is 9.99. The fourth-order valence-corrected chi connectivity index (χ4v) is 6.81. The second-order valence-electron chi connectivity index (χ2n) is 13.7. The number of urea groups is 1. The highest BCUT2D eigenvalue weighted by atomic mass is 16.5. The maximum atomic E-state index is 13.5. The molecule has 7 N–H and O–H groups in total. The molecular weight excluding hydrogens is 720 g/mol. The molecule has 2 aromatic rings. The third-order valence-electron chi connectivity index (χ3n) is 9.52. The molecular formula is C40H58N8O8. The highest BCUT2D eigenvalue weighted by molar-refractivity contribution is 5.96. The Morgan fingerprint density at radius 3 is 2.05 bits per heavy atom. The van der Waals surface area contributed by atoms with Crippen molar-refractivity contribution in [2.75, 3.05) is 38.1 Å². The molecule has 0 radical (unpaired) electrons. The topological polar surface area (TPSA) is 227 Å². The van der Waals surface area contributed by atoms with E-state index in [1.54, 1.807) is 36.1 Å². The van der Waals surface area contributed by atoms with E-state index in [2.05, 4.69) is 35.0 Å². The summed E-state index contributed by atoms with van der Waals surface area (Å²) < 4.78 is 5.33. The van der Waals surface area contributed by atoms with Crippen LogP contribution in [-0.2, 0) is 33.5 Å². The number of carbonyl (C=O) groups excluding carboxylic acids is 7. The van der Waals surface area contributed by atoms with Gasteiger partial charge >= 0.3 is 12.0 Å². The molecule has 0 spiro atoms. The first kappa shape index (κ1) is 44.9. The van der Waals surface area contributed by atoms with E-state index < -0.39 is 48.0 Å². The van der Waals surface area contributed by atoms with Gasteiger partial charge in [0, 0.05) is 31.4 Å². The van der Waals surface area contributed by atoms with Gasteiger partial charge in [0.05, 0.1) is 13.0 Å². The van der Waals surface area contributed by atoms with Crippen molar-refractivity contribution >= 4 is 47.2 Å². The van der Waals surface area contributed by atoms with E-state index in [0.717, 1.165) is 12.8 Å². The number of benzene rings is 2. The lowest BCUT2D eigenvalue weighted by molar-refractivity contribution is -0.156. The van der Waals surface area contributed by atoms with Crippen molar-refractivity contribution in [1.82, 2.24) is 25.3 Å². The van der Waals surface area contributed by atoms with Gasteiger partial charge in [-0.1, -0.05) is 67.9 Å². The van der Waals surface area contributed by atoms with Crippen LogP contribution in [0.3, 0.4) is 0 Å². The van der Waals surface area contributed by atoms with Crippen LogP contribution in [0.1, 0.15) is 71.3 Å². The molecule has 6 rings (SSSR count). The first-order chi connectivity index (χ1) is 26.8. The molecule has 16 nitrogen and oxygen atoms in total. The molecule has 4 heterocycles. The minimum absolute atomic E-state index is 0.0662. The summed E-state index contributed by atoms with van der Waals surface area (Å²) in [7, 11) is 0. The van der Waals surface area contributed by atoms with Crippen LogP contribution in [0.15, 0.2) is 60.7 Å². The lowest BCUT2D eigenvalue weighted by Gasteiger charge is -2.38. The molecule has 0 bridgehead atoms. The summed E-state index contributed by atoms with van der Waals surface area (Å²) in [4.78, 5) is 91.0. The fraction of sp³-hybridized carbons (Fsp3) is 0.525. The molecule has 306 valence electrons. The number of nitrogens with two attached hydrogens (primary N) is 2. The predicted molar refractivity (Wildman–Crippen MR) is 211 cm³/mol. The largest absolute Gasteiger partial charge is 0.464 e. The van der Waals surface area contributed by atoms with Crippen molar-refractivity contribution < 1.29 is 38.3 Å². The van der Waals surface area contributed by atoms with Crippen LogP contribution < -0.4 is 27.4 Å². The van der Waals surface area contributed by atoms with Gasteiger partial charge in [-0.2, -0.15) is 0 Å². The monoisotopic (exact) mass is 778 g/mol. The maximum absolute atomic E-state index is 13.5. The summed E-state index contributed by atoms with van der Waals surface area (Å²) in [6.07, 6.45) is 3.43. The van der Waals surface area contributed by atoms with E-state index in [0.29, 0.717) is 44.5 Å². The SMILES string of the molecule is CC.CC1NC(=O)C2CCCCN2C(=O)C2CC(N)CN2C(=O)CCOC(=O)C2CCCN2C1=O.Cc1ccccc1.NC(=O)CNC(=O)Nc1ccccc1. The Bertz CT molecular complexity index is 1630. The number of hydrogen-bond acceptors (Lipinski definition) is 9. The summed E-state index contributed by atoms with van der Waals surface area (Å²) >= 11 is 0. The van der Waals surface area contributed by atoms with Crippen LogP contribution in [0.5, 0.6) is 0 Å². The van der Waals surface area contributed by atoms with E-state index in [1.165, 1.54) is 15.4 Å². The molecule has 4 saturated heterocycles. The van der Waals surface area contributed by atoms with Crippen LogP contribution >= 0.6 is 0 Å². The predicted octanol–water partition coefficient (Wildman–Crippen LogP) is 2.05. The van der Waals surface area contributed by atoms with Crippen molar-refractivity contribution in [2.45, 2.75) is 103 Å². The van der Waals surface area contributed by atoms with Gasteiger partial charge in [0.2, 0.25) is 29.5 Å². The number of anilines is 1. The number of aryl methyl sites for hydroxylation is 1. The Kier molecular flexibility index (Phi) is 18.2. The summed E-state index contributed by atoms with van der Waals surface area (Å²) in [5.74, 6) is -2.48. The van der Waals surface area contributed by atoms with Gasteiger partial charge in [-0.25, -0.2) is 9.59 Å². The molecule has 5 atom stereocenters. The Morgan fingerprint density at radius 1 is 0.821 bits per heavy atom. The third-order valence-corrected chi connectivity index (χ3v) is 9.52. The minimum Gasteiger partial charge on any atom is -0.464 e. The van der Waals surface area contributed by atoms with Crippen LogP contribution in [0.25, 0.3) is 0 Å². The van der Waals surface area contributed by atoms with Gasteiger partial charge < -0.3 is 46.9 Å². The van der Waals surface area contributed by atoms with Crippen molar-refractivity contribution in [3.8, 4) is 0 Å². The molecule has 56 heavy (non-hydrogen) atoms. The first-order valence-electron chi connectivity index (χ1n) is 19.4. The number of primary amides is 1. The van der Waals surface area contributed by atoms with Gasteiger partial charge in [-0.3, -0.25) is 24.0 Å². The number of carbonyl (C=O) groups is 7. The van der Waals surface area contributed by atoms with Crippen molar-refractivity contribution in [2.24, 2.45) is 11.5 Å². The normalized spacial score (nSPS) is 23.8. The number of piperidine rings is 1. The molecule has 4 aliphatic heterocycles. The molecule has 16 heteroatoms. The zero-order valence-electron chi connectivity index (χ0n) is 32.9. The number of hydrogen-bond donors (Lipinski definition) is 5. The molecule has 2 aromatic carbocycles. The van der Waals surface area contributed by atoms with Crippen LogP contribution in [0, 0.1) is 6.92 Å². The van der Waals surface area contributed by atoms with E-state index >= 15 is 0 Å². The average Bonchev–Trinajstić information content (AvgIpc) is 3.85. The molecule has 0 aromatic heterocycles. The number of esters is 1. The molecule has 4 aliphatic rings. The van der Waals surface area contributed by atoms with Crippen molar-refractivity contribution in [1.29, 1.82) is 0 Å². The number of nitrogens with one attached hydrogen (secondary N) is 3. The first-order valence-corrected chi connectivity index (χ1v) is 19.4. The van der Waals surface area contributed by atoms with Crippen LogP contribution in [0.2, 0.25) is 0 Å². The van der Waals surface area contributed by atoms with E-state index in [1.807, 2.05) is 38.1 Å². The van der Waals surface area contributed by atoms with Crippen molar-refractivity contribution in [3.63, 3.8) is 0 Å². The summed E-state index contributed by atoms with van der Waals surface area (Å²) in [6.45, 7) is 8.45. The Hall–Kier alpha value is -5.51. The van der Waals surface area contributed by atoms with Gasteiger partial charge in [0.25, 0.3) is 0 Å². The summed E-state index contributed by atoms with van der Waals surface area (Å²) in [6, 6.07) is 15.4. The van der Waals surface area contributed by atoms with Crippen molar-refractivity contribution in [3.05, 3.63) is 66.2 Å². The Morgan fingerprint density at radius 2 is 1.43 bits per heavy atom. The zero-order valence-corrected chi connectivity index (χ0v) is 32.9. The van der Waals surface area contributed by atoms with Crippen LogP contribution in [0.4, 0.5) is 10.5 Å². The number of para-hydroxylation sites is 1. The molecule has 0 aliphatic carbocycles. The van der Waals surface area contributed by atoms with Crippen LogP contribution in [-0.4, -0.2) is 119 Å². The number of rotatable bonds is 3. The third kappa shape index (κ3) is 13.4. The second kappa shape index (κ2) is 22.8. The smallest absolute Gasteiger partial charge is 0.328 e. The van der Waals surface area contributed by atoms with Gasteiger partial charge in [0.15, 0.2) is 0 Å². The number of cyclic esters (lactones) is 1. The van der Waals surface area contributed by atoms with Gasteiger partial charge in [-0.05, 0) is 64.5 Å². The maximum Gasteiger partial charge on any atom is 0.328 e. The second-order valence-corrected chi connectivity index (χ2v) is 13.7. The Balaban J connectivity index is 0.000000299. The molecule has 7 amide bonds. The molecule has 0 saturated carbocycles. The highest BCUT2D eigenvalue weighted by Crippen LogP contribution is 2.26. The number of nitrogens with zero attached hydrogens (tertiary/aromatic N) is 3. The fourth-order valence-electron chi connectivity index (χ4n) is 6.81. The number of ether oxygens (including phenoxy) is 1. The van der Waals surface area contributed by atoms with Gasteiger partial charge in [0.1, 0.15) is 30.8 Å². The lowest BCUT2D eigenvalue weighted by Crippen LogP contribution is -2.59. The molecule has 4 fully saturated rings. The van der Waals surface area contributed by atoms with Gasteiger partial charge in [-0.15, -0.1) is 0 Å². The van der Waals surface area contributed by atoms with E-state index in [9.17, 15) is 33.6 Å². The quantitative estimate of drug-likeness (QED) is 0.287. The Labute approximate surface area is 329 Å². The number of amides is 7.